The molecule has 0 aliphatic carbocycles. The lowest BCUT2D eigenvalue weighted by Gasteiger charge is -2.25. The van der Waals surface area contributed by atoms with Crippen molar-refractivity contribution in [3.63, 3.8) is 0 Å². The number of imidazole rings is 1. The number of nitrogens with zero attached hydrogens (tertiary/aromatic N) is 5. The van der Waals surface area contributed by atoms with E-state index in [2.05, 4.69) is 46.5 Å². The predicted octanol–water partition coefficient (Wildman–Crippen LogP) is 2.91. The Morgan fingerprint density at radius 3 is 2.74 bits per heavy atom. The van der Waals surface area contributed by atoms with Gasteiger partial charge in [-0.2, -0.15) is 0 Å². The molecule has 120 valence electrons. The van der Waals surface area contributed by atoms with Crippen LogP contribution in [-0.4, -0.2) is 37.5 Å². The Morgan fingerprint density at radius 2 is 1.96 bits per heavy atom. The zero-order chi connectivity index (χ0) is 16.2. The van der Waals surface area contributed by atoms with Gasteiger partial charge in [0.25, 0.3) is 0 Å². The summed E-state index contributed by atoms with van der Waals surface area (Å²) in [6.07, 6.45) is 6.76. The van der Waals surface area contributed by atoms with Gasteiger partial charge in [-0.05, 0) is 26.1 Å². The Hall–Kier alpha value is -2.27. The van der Waals surface area contributed by atoms with Gasteiger partial charge in [0.05, 0.1) is 22.9 Å². The maximum atomic E-state index is 4.71. The lowest BCUT2D eigenvalue weighted by atomic mass is 10.2. The van der Waals surface area contributed by atoms with Crippen LogP contribution in [0.3, 0.4) is 0 Å². The number of fused-ring (bicyclic) bond motifs is 1. The highest BCUT2D eigenvalue weighted by Gasteiger charge is 2.13. The first kappa shape index (κ1) is 15.6. The minimum Gasteiger partial charge on any atom is -0.333 e. The number of para-hydroxylation sites is 2. The summed E-state index contributed by atoms with van der Waals surface area (Å²) >= 11 is 0. The molecule has 0 N–H and O–H groups in total. The first-order chi connectivity index (χ1) is 11.2. The van der Waals surface area contributed by atoms with Crippen LogP contribution in [-0.2, 0) is 19.5 Å². The molecule has 0 saturated carbocycles. The second kappa shape index (κ2) is 6.87. The molecule has 3 rings (SSSR count). The zero-order valence-corrected chi connectivity index (χ0v) is 14.0. The molecule has 5 heteroatoms. The van der Waals surface area contributed by atoms with Gasteiger partial charge in [0, 0.05) is 37.9 Å². The van der Waals surface area contributed by atoms with Crippen molar-refractivity contribution in [2.45, 2.75) is 39.4 Å². The molecule has 0 fully saturated rings. The van der Waals surface area contributed by atoms with Crippen LogP contribution in [0.2, 0.25) is 0 Å². The normalized spacial score (nSPS) is 12.9. The largest absolute Gasteiger partial charge is 0.333 e. The highest BCUT2D eigenvalue weighted by atomic mass is 15.2. The second-order valence-electron chi connectivity index (χ2n) is 5.96. The molecule has 0 radical (unpaired) electrons. The molecule has 0 spiro atoms. The van der Waals surface area contributed by atoms with Gasteiger partial charge < -0.3 is 4.57 Å². The molecule has 1 aromatic carbocycles. The third-order valence-corrected chi connectivity index (χ3v) is 4.24. The van der Waals surface area contributed by atoms with E-state index in [4.69, 9.17) is 4.98 Å². The topological polar surface area (TPSA) is 46.8 Å². The molecule has 0 bridgehead atoms. The minimum absolute atomic E-state index is 0.391. The van der Waals surface area contributed by atoms with Gasteiger partial charge in [0.2, 0.25) is 0 Å². The maximum absolute atomic E-state index is 4.71. The summed E-state index contributed by atoms with van der Waals surface area (Å²) in [4.78, 5) is 15.9. The van der Waals surface area contributed by atoms with Crippen LogP contribution in [0.4, 0.5) is 0 Å². The number of aromatic nitrogens is 4. The molecule has 5 nitrogen and oxygen atoms in total. The monoisotopic (exact) mass is 309 g/mol. The van der Waals surface area contributed by atoms with Crippen molar-refractivity contribution in [1.82, 2.24) is 24.4 Å². The van der Waals surface area contributed by atoms with Crippen molar-refractivity contribution in [3.8, 4) is 0 Å². The molecule has 1 unspecified atom stereocenters. The Balaban J connectivity index is 1.68. The van der Waals surface area contributed by atoms with Crippen molar-refractivity contribution in [2.75, 3.05) is 7.05 Å². The van der Waals surface area contributed by atoms with E-state index in [0.29, 0.717) is 6.04 Å². The number of hydrogen-bond donors (Lipinski definition) is 0. The fraction of sp³-hybridized carbons (Fsp3) is 0.389. The maximum Gasteiger partial charge on any atom is 0.108 e. The average Bonchev–Trinajstić information content (AvgIpc) is 3.01. The lowest BCUT2D eigenvalue weighted by molar-refractivity contribution is 0.223. The summed E-state index contributed by atoms with van der Waals surface area (Å²) < 4.78 is 2.23. The Morgan fingerprint density at radius 1 is 1.17 bits per heavy atom. The van der Waals surface area contributed by atoms with Gasteiger partial charge in [0.15, 0.2) is 0 Å². The van der Waals surface area contributed by atoms with Crippen molar-refractivity contribution < 1.29 is 0 Å². The van der Waals surface area contributed by atoms with Crippen molar-refractivity contribution in [2.24, 2.45) is 0 Å². The number of rotatable bonds is 6. The molecule has 0 amide bonds. The van der Waals surface area contributed by atoms with Gasteiger partial charge in [-0.1, -0.05) is 19.1 Å². The lowest BCUT2D eigenvalue weighted by Crippen LogP contribution is -2.33. The molecule has 23 heavy (non-hydrogen) atoms. The summed E-state index contributed by atoms with van der Waals surface area (Å²) in [5.74, 6) is 1.13. The summed E-state index contributed by atoms with van der Waals surface area (Å²) in [7, 11) is 2.13. The number of benzene rings is 1. The third-order valence-electron chi connectivity index (χ3n) is 4.24. The number of likely N-dealkylation sites (N-methyl/N-ethyl adjacent to an activating group) is 1. The van der Waals surface area contributed by atoms with Crippen LogP contribution < -0.4 is 0 Å². The first-order valence-corrected chi connectivity index (χ1v) is 8.08. The molecule has 3 aromatic rings. The van der Waals surface area contributed by atoms with E-state index in [0.717, 1.165) is 42.1 Å². The van der Waals surface area contributed by atoms with E-state index in [1.54, 1.807) is 0 Å². The highest BCUT2D eigenvalue weighted by Crippen LogP contribution is 2.11. The Labute approximate surface area is 137 Å². The fourth-order valence-electron chi connectivity index (χ4n) is 2.73. The van der Waals surface area contributed by atoms with Crippen LogP contribution >= 0.6 is 0 Å². The molecule has 1 atom stereocenters. The van der Waals surface area contributed by atoms with Crippen LogP contribution in [0.15, 0.2) is 42.9 Å². The van der Waals surface area contributed by atoms with Gasteiger partial charge in [0.1, 0.15) is 5.82 Å². The SMILES string of the molecule is CCc1nccn1CC(C)N(C)Cc1cnc2ccccc2n1. The highest BCUT2D eigenvalue weighted by molar-refractivity contribution is 5.73. The summed E-state index contributed by atoms with van der Waals surface area (Å²) in [5.41, 5.74) is 2.89. The van der Waals surface area contributed by atoms with Gasteiger partial charge >= 0.3 is 0 Å². The van der Waals surface area contributed by atoms with Crippen LogP contribution in [0.1, 0.15) is 25.4 Å². The van der Waals surface area contributed by atoms with Gasteiger partial charge in [-0.15, -0.1) is 0 Å². The zero-order valence-electron chi connectivity index (χ0n) is 14.0. The summed E-state index contributed by atoms with van der Waals surface area (Å²) in [6, 6.07) is 8.38. The number of hydrogen-bond acceptors (Lipinski definition) is 4. The quantitative estimate of drug-likeness (QED) is 0.702. The van der Waals surface area contributed by atoms with Crippen molar-refractivity contribution >= 4 is 11.0 Å². The summed E-state index contributed by atoms with van der Waals surface area (Å²) in [5, 5.41) is 0. The molecule has 2 aromatic heterocycles. The van der Waals surface area contributed by atoms with Gasteiger partial charge in [-0.3, -0.25) is 9.88 Å². The fourth-order valence-corrected chi connectivity index (χ4v) is 2.73. The molecular weight excluding hydrogens is 286 g/mol. The number of aryl methyl sites for hydroxylation is 1. The third kappa shape index (κ3) is 3.56. The molecular formula is C18H23N5. The molecule has 0 saturated heterocycles. The van der Waals surface area contributed by atoms with Crippen molar-refractivity contribution in [1.29, 1.82) is 0 Å². The molecule has 0 aliphatic rings. The van der Waals surface area contributed by atoms with E-state index in [1.807, 2.05) is 36.7 Å². The van der Waals surface area contributed by atoms with Gasteiger partial charge in [-0.25, -0.2) is 9.97 Å². The van der Waals surface area contributed by atoms with E-state index >= 15 is 0 Å². The average molecular weight is 309 g/mol. The van der Waals surface area contributed by atoms with Crippen LogP contribution in [0.5, 0.6) is 0 Å². The molecule has 2 heterocycles. The molecule has 0 aliphatic heterocycles. The standard InChI is InChI=1S/C18H23N5/c1-4-18-19-9-10-23(18)12-14(2)22(3)13-15-11-20-16-7-5-6-8-17(16)21-15/h5-11,14H,4,12-13H2,1-3H3. The van der Waals surface area contributed by atoms with Crippen LogP contribution in [0, 0.1) is 0 Å². The van der Waals surface area contributed by atoms with E-state index in [1.165, 1.54) is 0 Å². The van der Waals surface area contributed by atoms with Crippen LogP contribution in [0.25, 0.3) is 11.0 Å². The smallest absolute Gasteiger partial charge is 0.108 e. The second-order valence-corrected chi connectivity index (χ2v) is 5.96. The minimum atomic E-state index is 0.391. The Bertz CT molecular complexity index is 780. The van der Waals surface area contributed by atoms with E-state index in [9.17, 15) is 0 Å². The first-order valence-electron chi connectivity index (χ1n) is 8.08. The summed E-state index contributed by atoms with van der Waals surface area (Å²) in [6.45, 7) is 6.08. The van der Waals surface area contributed by atoms with Crippen molar-refractivity contribution in [3.05, 3.63) is 54.4 Å². The Kier molecular flexibility index (Phi) is 4.67. The van der Waals surface area contributed by atoms with E-state index < -0.39 is 0 Å². The predicted molar refractivity (Wildman–Crippen MR) is 92.1 cm³/mol. The van der Waals surface area contributed by atoms with E-state index in [-0.39, 0.29) is 0 Å².